The van der Waals surface area contributed by atoms with Gasteiger partial charge in [-0.05, 0) is 103 Å². The Labute approximate surface area is 234 Å². The summed E-state index contributed by atoms with van der Waals surface area (Å²) in [5.74, 6) is -1.99. The maximum absolute atomic E-state index is 13.8. The van der Waals surface area contributed by atoms with Gasteiger partial charge in [0.15, 0.2) is 5.82 Å². The second-order valence-corrected chi connectivity index (χ2v) is 12.9. The lowest BCUT2D eigenvalue weighted by molar-refractivity contribution is -0.0221. The van der Waals surface area contributed by atoms with Gasteiger partial charge in [-0.2, -0.15) is 5.10 Å². The fraction of sp³-hybridized carbons (Fsp3) is 0.517. The molecule has 2 aromatic carbocycles. The lowest BCUT2D eigenvalue weighted by atomic mass is 9.93. The van der Waals surface area contributed by atoms with Gasteiger partial charge in [-0.15, -0.1) is 0 Å². The van der Waals surface area contributed by atoms with Crippen LogP contribution in [-0.4, -0.2) is 47.8 Å². The molecule has 2 saturated heterocycles. The van der Waals surface area contributed by atoms with Gasteiger partial charge in [0, 0.05) is 53.7 Å². The molecule has 4 aliphatic rings. The average Bonchev–Trinajstić information content (AvgIpc) is 3.84. The van der Waals surface area contributed by atoms with Crippen LogP contribution in [0.5, 0.6) is 0 Å². The van der Waals surface area contributed by atoms with E-state index >= 15 is 0 Å². The molecule has 2 saturated carbocycles. The van der Waals surface area contributed by atoms with Crippen molar-refractivity contribution in [2.75, 3.05) is 41.3 Å². The van der Waals surface area contributed by atoms with Crippen molar-refractivity contribution in [3.63, 3.8) is 0 Å². The van der Waals surface area contributed by atoms with Gasteiger partial charge in [0.2, 0.25) is 0 Å². The number of amides is 1. The second-order valence-electron chi connectivity index (χ2n) is 11.7. The summed E-state index contributed by atoms with van der Waals surface area (Å²) in [5.41, 5.74) is 3.95. The third-order valence-electron chi connectivity index (χ3n) is 8.96. The number of alkyl halides is 2. The number of piperidine rings is 2. The van der Waals surface area contributed by atoms with E-state index < -0.39 is 5.92 Å². The first-order valence-electron chi connectivity index (χ1n) is 13.8. The van der Waals surface area contributed by atoms with Crippen LogP contribution in [0.25, 0.3) is 10.9 Å². The maximum atomic E-state index is 13.8. The Balaban J connectivity index is 1.17. The first-order valence-corrected chi connectivity index (χ1v) is 14.9. The molecule has 38 heavy (non-hydrogen) atoms. The lowest BCUT2D eigenvalue weighted by Crippen LogP contribution is -2.39. The number of carbonyl (C=O) groups excluding carboxylic acids is 1. The topological polar surface area (TPSA) is 53.4 Å². The van der Waals surface area contributed by atoms with Crippen molar-refractivity contribution in [1.82, 2.24) is 9.78 Å². The molecule has 6 nitrogen and oxygen atoms in total. The number of carbonyl (C=O) groups is 1. The van der Waals surface area contributed by atoms with Crippen LogP contribution in [0.2, 0.25) is 0 Å². The van der Waals surface area contributed by atoms with Gasteiger partial charge in [0.25, 0.3) is 11.8 Å². The maximum Gasteiger partial charge on any atom is 0.257 e. The van der Waals surface area contributed by atoms with E-state index in [1.807, 2.05) is 39.9 Å². The number of anilines is 3. The first-order chi connectivity index (χ1) is 18.3. The number of nitrogens with one attached hydrogen (secondary N) is 1. The highest BCUT2D eigenvalue weighted by Gasteiger charge is 2.44. The average molecular weight is 632 g/mol. The number of nitrogens with zero attached hydrogens (tertiary/aromatic N) is 4. The van der Waals surface area contributed by atoms with Gasteiger partial charge >= 0.3 is 0 Å². The van der Waals surface area contributed by atoms with Crippen molar-refractivity contribution in [2.24, 2.45) is 5.41 Å². The van der Waals surface area contributed by atoms with Crippen LogP contribution in [0.1, 0.15) is 67.8 Å². The van der Waals surface area contributed by atoms with Crippen LogP contribution in [0.3, 0.4) is 0 Å². The van der Waals surface area contributed by atoms with Crippen LogP contribution in [0.15, 0.2) is 36.4 Å². The van der Waals surface area contributed by atoms with Crippen molar-refractivity contribution >= 4 is 56.6 Å². The molecule has 1 aromatic heterocycles. The second kappa shape index (κ2) is 9.06. The van der Waals surface area contributed by atoms with E-state index in [4.69, 9.17) is 5.10 Å². The highest BCUT2D eigenvalue weighted by molar-refractivity contribution is 14.1. The minimum atomic E-state index is -2.61. The minimum Gasteiger partial charge on any atom is -0.371 e. The monoisotopic (exact) mass is 631 g/mol. The normalized spacial score (nSPS) is 22.2. The Morgan fingerprint density at radius 2 is 1.63 bits per heavy atom. The van der Waals surface area contributed by atoms with Crippen molar-refractivity contribution in [3.05, 3.63) is 45.5 Å². The molecule has 4 fully saturated rings. The molecule has 2 aliphatic carbocycles. The van der Waals surface area contributed by atoms with Crippen molar-refractivity contribution < 1.29 is 13.6 Å². The van der Waals surface area contributed by atoms with Crippen LogP contribution in [-0.2, 0) is 0 Å². The molecule has 200 valence electrons. The van der Waals surface area contributed by atoms with Crippen molar-refractivity contribution in [3.8, 4) is 0 Å². The zero-order valence-corrected chi connectivity index (χ0v) is 23.5. The van der Waals surface area contributed by atoms with E-state index in [0.29, 0.717) is 22.7 Å². The first kappa shape index (κ1) is 24.6. The third-order valence-corrected chi connectivity index (χ3v) is 9.63. The summed E-state index contributed by atoms with van der Waals surface area (Å²) in [4.78, 5) is 17.9. The van der Waals surface area contributed by atoms with E-state index in [9.17, 15) is 13.6 Å². The number of hydrogen-bond donors (Lipinski definition) is 1. The molecule has 9 heteroatoms. The fourth-order valence-electron chi connectivity index (χ4n) is 6.13. The standard InChI is InChI=1S/C29H32F2IN5O/c30-29(31)11-15-36(16-12-29)26-23-18-20(2-6-24(23)37(34-26)21-3-4-21)33-27(38)22-5-1-19(32)17-25(22)35-13-9-28(7-8-28)10-14-35/h1-2,5-6,17-18,21H,3-4,7-16H2,(H,33,38). The molecule has 0 unspecified atom stereocenters. The molecule has 3 aromatic rings. The van der Waals surface area contributed by atoms with E-state index in [2.05, 4.69) is 38.9 Å². The fourth-order valence-corrected chi connectivity index (χ4v) is 6.61. The molecular weight excluding hydrogens is 599 g/mol. The summed E-state index contributed by atoms with van der Waals surface area (Å²) in [6, 6.07) is 12.3. The minimum absolute atomic E-state index is 0.129. The van der Waals surface area contributed by atoms with Crippen LogP contribution in [0, 0.1) is 8.99 Å². The molecule has 0 radical (unpaired) electrons. The van der Waals surface area contributed by atoms with E-state index in [1.165, 1.54) is 25.7 Å². The summed E-state index contributed by atoms with van der Waals surface area (Å²) in [6.07, 6.45) is 6.95. The van der Waals surface area contributed by atoms with Gasteiger partial charge in [0.05, 0.1) is 22.8 Å². The third kappa shape index (κ3) is 4.64. The molecule has 0 bridgehead atoms. The molecular formula is C29H32F2IN5O. The van der Waals surface area contributed by atoms with Crippen LogP contribution < -0.4 is 15.1 Å². The molecule has 2 aliphatic heterocycles. The van der Waals surface area contributed by atoms with Crippen molar-refractivity contribution in [1.29, 1.82) is 0 Å². The summed E-state index contributed by atoms with van der Waals surface area (Å²) in [6.45, 7) is 2.54. The van der Waals surface area contributed by atoms with Crippen molar-refractivity contribution in [2.45, 2.75) is 63.3 Å². The van der Waals surface area contributed by atoms with E-state index in [0.717, 1.165) is 51.9 Å². The number of hydrogen-bond acceptors (Lipinski definition) is 4. The lowest BCUT2D eigenvalue weighted by Gasteiger charge is -2.35. The molecule has 1 N–H and O–H groups in total. The quantitative estimate of drug-likeness (QED) is 0.314. The zero-order chi connectivity index (χ0) is 26.1. The van der Waals surface area contributed by atoms with Gasteiger partial charge in [-0.3, -0.25) is 9.48 Å². The number of benzene rings is 2. The Hall–Kier alpha value is -2.43. The Bertz CT molecular complexity index is 1390. The number of aromatic nitrogens is 2. The Morgan fingerprint density at radius 1 is 0.921 bits per heavy atom. The largest absolute Gasteiger partial charge is 0.371 e. The Morgan fingerprint density at radius 3 is 2.32 bits per heavy atom. The molecule has 7 rings (SSSR count). The van der Waals surface area contributed by atoms with E-state index in [-0.39, 0.29) is 31.8 Å². The summed E-state index contributed by atoms with van der Waals surface area (Å²) in [5, 5.41) is 8.92. The number of rotatable bonds is 5. The number of halogens is 3. The van der Waals surface area contributed by atoms with E-state index in [1.54, 1.807) is 0 Å². The van der Waals surface area contributed by atoms with Crippen LogP contribution >= 0.6 is 22.6 Å². The summed E-state index contributed by atoms with van der Waals surface area (Å²) in [7, 11) is 0. The zero-order valence-electron chi connectivity index (χ0n) is 21.4. The van der Waals surface area contributed by atoms with Gasteiger partial charge < -0.3 is 15.1 Å². The predicted octanol–water partition coefficient (Wildman–Crippen LogP) is 6.84. The predicted molar refractivity (Wildman–Crippen MR) is 155 cm³/mol. The highest BCUT2D eigenvalue weighted by Crippen LogP contribution is 2.54. The van der Waals surface area contributed by atoms with Crippen LogP contribution in [0.4, 0.5) is 26.0 Å². The molecule has 1 spiro atoms. The summed E-state index contributed by atoms with van der Waals surface area (Å²) < 4.78 is 30.9. The highest BCUT2D eigenvalue weighted by atomic mass is 127. The molecule has 1 amide bonds. The SMILES string of the molecule is O=C(Nc1ccc2c(c1)c(N1CCC(F)(F)CC1)nn2C1CC1)c1ccc(I)cc1N1CCC2(CC1)CC2. The van der Waals surface area contributed by atoms with Gasteiger partial charge in [-0.1, -0.05) is 0 Å². The molecule has 3 heterocycles. The van der Waals surface area contributed by atoms with Gasteiger partial charge in [-0.25, -0.2) is 8.78 Å². The molecule has 0 atom stereocenters. The smallest absolute Gasteiger partial charge is 0.257 e. The number of fused-ring (bicyclic) bond motifs is 1. The summed E-state index contributed by atoms with van der Waals surface area (Å²) >= 11 is 2.31. The Kier molecular flexibility index (Phi) is 5.87. The van der Waals surface area contributed by atoms with Gasteiger partial charge in [0.1, 0.15) is 0 Å².